The van der Waals surface area contributed by atoms with Gasteiger partial charge in [0.2, 0.25) is 0 Å². The van der Waals surface area contributed by atoms with E-state index in [0.717, 1.165) is 18.4 Å². The molecule has 0 aliphatic rings. The van der Waals surface area contributed by atoms with E-state index < -0.39 is 0 Å². The summed E-state index contributed by atoms with van der Waals surface area (Å²) in [6.45, 7) is 17.1. The first-order chi connectivity index (χ1) is 13.5. The van der Waals surface area contributed by atoms with Gasteiger partial charge in [0.15, 0.2) is 0 Å². The fourth-order valence-corrected chi connectivity index (χ4v) is 4.19. The Morgan fingerprint density at radius 2 is 1.14 bits per heavy atom. The van der Waals surface area contributed by atoms with Crippen molar-refractivity contribution in [3.63, 3.8) is 0 Å². The average Bonchev–Trinajstić information content (AvgIpc) is 2.68. The summed E-state index contributed by atoms with van der Waals surface area (Å²) in [5.74, 6) is 0. The minimum absolute atomic E-state index is 0.924. The minimum atomic E-state index is 0.924. The van der Waals surface area contributed by atoms with Crippen molar-refractivity contribution in [3.05, 3.63) is 97.1 Å². The second kappa shape index (κ2) is 7.13. The van der Waals surface area contributed by atoms with Crippen molar-refractivity contribution in [2.75, 3.05) is 0 Å². The van der Waals surface area contributed by atoms with Gasteiger partial charge in [0, 0.05) is 0 Å². The molecular weight excluding hydrogens is 336 g/mol. The second-order valence-electron chi connectivity index (χ2n) is 7.88. The van der Waals surface area contributed by atoms with Crippen molar-refractivity contribution < 1.29 is 0 Å². The Hall–Kier alpha value is -3.12. The van der Waals surface area contributed by atoms with Gasteiger partial charge in [-0.05, 0) is 93.4 Å². The zero-order valence-corrected chi connectivity index (χ0v) is 16.8. The molecule has 0 nitrogen and oxygen atoms in total. The number of benzene rings is 4. The highest BCUT2D eigenvalue weighted by atomic mass is 14.2. The molecule has 0 N–H and O–H groups in total. The summed E-state index contributed by atoms with van der Waals surface area (Å²) in [4.78, 5) is 0. The number of hydrogen-bond donors (Lipinski definition) is 0. The molecule has 0 heterocycles. The van der Waals surface area contributed by atoms with Crippen LogP contribution in [-0.2, 0) is 0 Å². The lowest BCUT2D eigenvalue weighted by atomic mass is 9.84. The van der Waals surface area contributed by atoms with Gasteiger partial charge in [0.25, 0.3) is 0 Å². The van der Waals surface area contributed by atoms with E-state index in [1.807, 2.05) is 0 Å². The summed E-state index contributed by atoms with van der Waals surface area (Å²) >= 11 is 0. The summed E-state index contributed by atoms with van der Waals surface area (Å²) < 4.78 is 0. The molecule has 0 saturated heterocycles. The Morgan fingerprint density at radius 1 is 0.643 bits per heavy atom. The highest BCUT2D eigenvalue weighted by Gasteiger charge is 2.16. The van der Waals surface area contributed by atoms with Crippen LogP contribution in [0.5, 0.6) is 0 Å². The van der Waals surface area contributed by atoms with Gasteiger partial charge in [0.1, 0.15) is 0 Å². The summed E-state index contributed by atoms with van der Waals surface area (Å²) in [5, 5.41) is 7.55. The first-order valence-electron chi connectivity index (χ1n) is 9.83. The van der Waals surface area contributed by atoms with Gasteiger partial charge >= 0.3 is 0 Å². The molecule has 0 amide bonds. The van der Waals surface area contributed by atoms with E-state index in [1.165, 1.54) is 54.6 Å². The Labute approximate surface area is 167 Å². The van der Waals surface area contributed by atoms with E-state index in [4.69, 9.17) is 0 Å². The molecular formula is C28H26. The molecule has 28 heavy (non-hydrogen) atoms. The third-order valence-electron chi connectivity index (χ3n) is 5.52. The summed E-state index contributed by atoms with van der Waals surface area (Å²) in [6, 6.07) is 21.9. The van der Waals surface area contributed by atoms with Gasteiger partial charge in [0.05, 0.1) is 0 Å². The maximum Gasteiger partial charge on any atom is -0.00724 e. The highest BCUT2D eigenvalue weighted by Crippen LogP contribution is 2.41. The number of rotatable bonds is 5. The predicted molar refractivity (Wildman–Crippen MR) is 127 cm³/mol. The standard InChI is InChI=1S/C28H26/c1-18(2)14-15-20(5)28-24-13-9-8-12-23(24)27(19(3)4)25-16-21-10-6-7-11-22(21)17-26(25)28/h6-13,16-17H,1,3,5,14-15H2,2,4H3. The van der Waals surface area contributed by atoms with Crippen LogP contribution < -0.4 is 0 Å². The van der Waals surface area contributed by atoms with Crippen molar-refractivity contribution in [3.8, 4) is 0 Å². The zero-order valence-electron chi connectivity index (χ0n) is 16.8. The monoisotopic (exact) mass is 362 g/mol. The normalized spacial score (nSPS) is 11.2. The molecule has 0 atom stereocenters. The molecule has 0 saturated carbocycles. The Balaban J connectivity index is 2.17. The van der Waals surface area contributed by atoms with Crippen molar-refractivity contribution in [2.24, 2.45) is 0 Å². The summed E-state index contributed by atoms with van der Waals surface area (Å²) in [5.41, 5.74) is 5.97. The van der Waals surface area contributed by atoms with Gasteiger partial charge in [-0.1, -0.05) is 67.3 Å². The smallest absolute Gasteiger partial charge is 0.00724 e. The van der Waals surface area contributed by atoms with E-state index >= 15 is 0 Å². The van der Waals surface area contributed by atoms with Crippen LogP contribution in [-0.4, -0.2) is 0 Å². The van der Waals surface area contributed by atoms with Crippen LogP contribution in [0, 0.1) is 0 Å². The molecule has 0 heteroatoms. The SMILES string of the molecule is C=C(C)CCC(=C)c1c2ccccc2c(C(=C)C)c2cc3ccccc3cc12. The average molecular weight is 363 g/mol. The zero-order chi connectivity index (χ0) is 19.8. The first kappa shape index (κ1) is 18.3. The van der Waals surface area contributed by atoms with E-state index in [9.17, 15) is 0 Å². The van der Waals surface area contributed by atoms with Crippen molar-refractivity contribution in [1.29, 1.82) is 0 Å². The Bertz CT molecular complexity index is 1270. The highest BCUT2D eigenvalue weighted by molar-refractivity contribution is 6.18. The quantitative estimate of drug-likeness (QED) is 0.246. The lowest BCUT2D eigenvalue weighted by Crippen LogP contribution is -1.95. The largest absolute Gasteiger partial charge is 0.100 e. The van der Waals surface area contributed by atoms with Crippen molar-refractivity contribution in [2.45, 2.75) is 26.7 Å². The predicted octanol–water partition coefficient (Wildman–Crippen LogP) is 8.55. The maximum absolute atomic E-state index is 4.49. The van der Waals surface area contributed by atoms with Gasteiger partial charge in [-0.2, -0.15) is 0 Å². The number of allylic oxidation sites excluding steroid dienone is 3. The van der Waals surface area contributed by atoms with Gasteiger partial charge in [-0.3, -0.25) is 0 Å². The van der Waals surface area contributed by atoms with Crippen LogP contribution in [0.3, 0.4) is 0 Å². The molecule has 0 fully saturated rings. The third-order valence-corrected chi connectivity index (χ3v) is 5.52. The van der Waals surface area contributed by atoms with E-state index in [2.05, 4.69) is 94.2 Å². The van der Waals surface area contributed by atoms with Crippen LogP contribution >= 0.6 is 0 Å². The Kier molecular flexibility index (Phi) is 4.65. The van der Waals surface area contributed by atoms with Crippen molar-refractivity contribution >= 4 is 43.5 Å². The molecule has 0 aliphatic heterocycles. The molecule has 4 aromatic carbocycles. The molecule has 4 rings (SSSR count). The van der Waals surface area contributed by atoms with E-state index in [0.29, 0.717) is 0 Å². The lowest BCUT2D eigenvalue weighted by Gasteiger charge is -2.19. The summed E-state index contributed by atoms with van der Waals surface area (Å²) in [6.07, 6.45) is 1.89. The molecule has 0 unspecified atom stereocenters. The molecule has 0 bridgehead atoms. The van der Waals surface area contributed by atoms with Crippen LogP contribution in [0.4, 0.5) is 0 Å². The van der Waals surface area contributed by atoms with Crippen molar-refractivity contribution in [1.82, 2.24) is 0 Å². The van der Waals surface area contributed by atoms with Crippen LogP contribution in [0.2, 0.25) is 0 Å². The summed E-state index contributed by atoms with van der Waals surface area (Å²) in [7, 11) is 0. The first-order valence-corrected chi connectivity index (χ1v) is 9.83. The molecule has 138 valence electrons. The fraction of sp³-hybridized carbons (Fsp3) is 0.143. The Morgan fingerprint density at radius 3 is 1.68 bits per heavy atom. The maximum atomic E-state index is 4.49. The molecule has 4 aromatic rings. The van der Waals surface area contributed by atoms with Gasteiger partial charge < -0.3 is 0 Å². The number of hydrogen-bond acceptors (Lipinski definition) is 0. The molecule has 0 aliphatic carbocycles. The molecule has 0 spiro atoms. The van der Waals surface area contributed by atoms with E-state index in [1.54, 1.807) is 0 Å². The van der Waals surface area contributed by atoms with Crippen LogP contribution in [0.1, 0.15) is 37.8 Å². The van der Waals surface area contributed by atoms with E-state index in [-0.39, 0.29) is 0 Å². The molecule has 0 aromatic heterocycles. The fourth-order valence-electron chi connectivity index (χ4n) is 4.19. The minimum Gasteiger partial charge on any atom is -0.100 e. The van der Waals surface area contributed by atoms with Crippen LogP contribution in [0.25, 0.3) is 43.5 Å². The van der Waals surface area contributed by atoms with Gasteiger partial charge in [-0.25, -0.2) is 0 Å². The second-order valence-corrected chi connectivity index (χ2v) is 7.88. The topological polar surface area (TPSA) is 0 Å². The third kappa shape index (κ3) is 3.05. The van der Waals surface area contributed by atoms with Gasteiger partial charge in [-0.15, -0.1) is 6.58 Å². The molecule has 0 radical (unpaired) electrons. The van der Waals surface area contributed by atoms with Crippen LogP contribution in [0.15, 0.2) is 86.0 Å². The lowest BCUT2D eigenvalue weighted by molar-refractivity contribution is 1.00. The number of fused-ring (bicyclic) bond motifs is 3.